The van der Waals surface area contributed by atoms with E-state index in [1.54, 1.807) is 0 Å². The normalized spacial score (nSPS) is 17.1. The van der Waals surface area contributed by atoms with Crippen LogP contribution in [0.3, 0.4) is 0 Å². The Morgan fingerprint density at radius 3 is 2.55 bits per heavy atom. The SMILES string of the molecule is Cl.NC1(CNC(=O)c2cccc(F)c2F)CCCCC1. The Morgan fingerprint density at radius 2 is 1.90 bits per heavy atom. The van der Waals surface area contributed by atoms with Gasteiger partial charge < -0.3 is 11.1 Å². The van der Waals surface area contributed by atoms with E-state index in [0.29, 0.717) is 6.54 Å². The second-order valence-corrected chi connectivity index (χ2v) is 5.21. The molecule has 0 heterocycles. The van der Waals surface area contributed by atoms with Crippen molar-refractivity contribution in [3.63, 3.8) is 0 Å². The molecule has 0 bridgehead atoms. The molecule has 1 aliphatic rings. The summed E-state index contributed by atoms with van der Waals surface area (Å²) in [5, 5.41) is 2.61. The molecule has 6 heteroatoms. The molecule has 0 radical (unpaired) electrons. The molecule has 112 valence electrons. The fourth-order valence-corrected chi connectivity index (χ4v) is 2.46. The third kappa shape index (κ3) is 3.90. The Balaban J connectivity index is 0.00000200. The van der Waals surface area contributed by atoms with Gasteiger partial charge in [0.25, 0.3) is 5.91 Å². The van der Waals surface area contributed by atoms with Gasteiger partial charge in [0.05, 0.1) is 5.56 Å². The summed E-state index contributed by atoms with van der Waals surface area (Å²) in [7, 11) is 0. The van der Waals surface area contributed by atoms with Gasteiger partial charge in [-0.25, -0.2) is 8.78 Å². The maximum atomic E-state index is 13.4. The number of halogens is 3. The van der Waals surface area contributed by atoms with Gasteiger partial charge in [-0.1, -0.05) is 25.3 Å². The van der Waals surface area contributed by atoms with Gasteiger partial charge in [0.15, 0.2) is 11.6 Å². The Kier molecular flexibility index (Phi) is 5.89. The first-order valence-corrected chi connectivity index (χ1v) is 6.53. The number of carbonyl (C=O) groups excluding carboxylic acids is 1. The second-order valence-electron chi connectivity index (χ2n) is 5.21. The predicted molar refractivity (Wildman–Crippen MR) is 75.9 cm³/mol. The van der Waals surface area contributed by atoms with Crippen molar-refractivity contribution in [3.8, 4) is 0 Å². The van der Waals surface area contributed by atoms with Crippen molar-refractivity contribution in [2.75, 3.05) is 6.54 Å². The average Bonchev–Trinajstić information content (AvgIpc) is 2.40. The monoisotopic (exact) mass is 304 g/mol. The van der Waals surface area contributed by atoms with Crippen LogP contribution in [0.5, 0.6) is 0 Å². The lowest BCUT2D eigenvalue weighted by Crippen LogP contribution is -2.51. The molecule has 20 heavy (non-hydrogen) atoms. The Hall–Kier alpha value is -1.20. The maximum Gasteiger partial charge on any atom is 0.254 e. The van der Waals surface area contributed by atoms with E-state index in [0.717, 1.165) is 38.2 Å². The van der Waals surface area contributed by atoms with Gasteiger partial charge in [-0.3, -0.25) is 4.79 Å². The molecular formula is C14H19ClF2N2O. The number of nitrogens with one attached hydrogen (secondary N) is 1. The molecule has 1 aliphatic carbocycles. The zero-order chi connectivity index (χ0) is 13.9. The van der Waals surface area contributed by atoms with E-state index < -0.39 is 23.1 Å². The summed E-state index contributed by atoms with van der Waals surface area (Å²) in [4.78, 5) is 11.8. The molecule has 0 aliphatic heterocycles. The van der Waals surface area contributed by atoms with Crippen LogP contribution < -0.4 is 11.1 Å². The van der Waals surface area contributed by atoms with E-state index in [9.17, 15) is 13.6 Å². The molecule has 2 rings (SSSR count). The minimum absolute atomic E-state index is 0. The van der Waals surface area contributed by atoms with Gasteiger partial charge in [-0.15, -0.1) is 12.4 Å². The van der Waals surface area contributed by atoms with Crippen molar-refractivity contribution in [1.29, 1.82) is 0 Å². The standard InChI is InChI=1S/C14H18F2N2O.ClH/c15-11-6-4-5-10(12(11)16)13(19)18-9-14(17)7-2-1-3-8-14;/h4-6H,1-3,7-9,17H2,(H,18,19);1H. The van der Waals surface area contributed by atoms with E-state index in [1.807, 2.05) is 0 Å². The van der Waals surface area contributed by atoms with Crippen molar-refractivity contribution in [3.05, 3.63) is 35.4 Å². The summed E-state index contributed by atoms with van der Waals surface area (Å²) in [6.07, 6.45) is 4.94. The van der Waals surface area contributed by atoms with Gasteiger partial charge in [0.2, 0.25) is 0 Å². The van der Waals surface area contributed by atoms with Crippen LogP contribution in [0, 0.1) is 11.6 Å². The van der Waals surface area contributed by atoms with Crippen molar-refractivity contribution >= 4 is 18.3 Å². The van der Waals surface area contributed by atoms with Crippen molar-refractivity contribution in [1.82, 2.24) is 5.32 Å². The summed E-state index contributed by atoms with van der Waals surface area (Å²) >= 11 is 0. The molecule has 1 saturated carbocycles. The number of benzene rings is 1. The Morgan fingerprint density at radius 1 is 1.25 bits per heavy atom. The van der Waals surface area contributed by atoms with Gasteiger partial charge >= 0.3 is 0 Å². The highest BCUT2D eigenvalue weighted by molar-refractivity contribution is 5.94. The van der Waals surface area contributed by atoms with Crippen molar-refractivity contribution in [2.45, 2.75) is 37.6 Å². The molecule has 3 nitrogen and oxygen atoms in total. The minimum atomic E-state index is -1.12. The number of rotatable bonds is 3. The maximum absolute atomic E-state index is 13.4. The largest absolute Gasteiger partial charge is 0.350 e. The number of hydrogen-bond donors (Lipinski definition) is 2. The van der Waals surface area contributed by atoms with Crippen molar-refractivity contribution in [2.24, 2.45) is 5.73 Å². The third-order valence-corrected chi connectivity index (χ3v) is 3.65. The zero-order valence-electron chi connectivity index (χ0n) is 11.1. The lowest BCUT2D eigenvalue weighted by atomic mass is 9.82. The van der Waals surface area contributed by atoms with Crippen LogP contribution in [0.1, 0.15) is 42.5 Å². The van der Waals surface area contributed by atoms with Crippen LogP contribution in [0.15, 0.2) is 18.2 Å². The molecular weight excluding hydrogens is 286 g/mol. The topological polar surface area (TPSA) is 55.1 Å². The van der Waals surface area contributed by atoms with E-state index >= 15 is 0 Å². The molecule has 1 aromatic carbocycles. The number of carbonyl (C=O) groups is 1. The fraction of sp³-hybridized carbons (Fsp3) is 0.500. The smallest absolute Gasteiger partial charge is 0.254 e. The fourth-order valence-electron chi connectivity index (χ4n) is 2.46. The lowest BCUT2D eigenvalue weighted by Gasteiger charge is -2.33. The van der Waals surface area contributed by atoms with Crippen LogP contribution in [-0.2, 0) is 0 Å². The summed E-state index contributed by atoms with van der Waals surface area (Å²) < 4.78 is 26.5. The quantitative estimate of drug-likeness (QED) is 0.902. The molecule has 0 aromatic heterocycles. The van der Waals surface area contributed by atoms with Gasteiger partial charge in [0.1, 0.15) is 0 Å². The Labute approximate surface area is 123 Å². The van der Waals surface area contributed by atoms with Crippen LogP contribution in [0.4, 0.5) is 8.78 Å². The van der Waals surface area contributed by atoms with Crippen LogP contribution in [0.25, 0.3) is 0 Å². The second kappa shape index (κ2) is 6.99. The van der Waals surface area contributed by atoms with E-state index in [-0.39, 0.29) is 18.0 Å². The molecule has 1 aromatic rings. The molecule has 3 N–H and O–H groups in total. The number of nitrogens with two attached hydrogens (primary N) is 1. The minimum Gasteiger partial charge on any atom is -0.350 e. The van der Waals surface area contributed by atoms with Crippen LogP contribution in [-0.4, -0.2) is 18.0 Å². The third-order valence-electron chi connectivity index (χ3n) is 3.65. The molecule has 1 amide bonds. The molecule has 0 unspecified atom stereocenters. The van der Waals surface area contributed by atoms with E-state index in [4.69, 9.17) is 5.73 Å². The first-order valence-electron chi connectivity index (χ1n) is 6.53. The highest BCUT2D eigenvalue weighted by atomic mass is 35.5. The highest BCUT2D eigenvalue weighted by Gasteiger charge is 2.28. The molecule has 0 saturated heterocycles. The first kappa shape index (κ1) is 16.9. The first-order chi connectivity index (χ1) is 9.02. The van der Waals surface area contributed by atoms with Gasteiger partial charge in [0, 0.05) is 12.1 Å². The van der Waals surface area contributed by atoms with Crippen molar-refractivity contribution < 1.29 is 13.6 Å². The molecule has 1 fully saturated rings. The Bertz CT molecular complexity index is 476. The van der Waals surface area contributed by atoms with Crippen LogP contribution >= 0.6 is 12.4 Å². The summed E-state index contributed by atoms with van der Waals surface area (Å²) in [6, 6.07) is 3.56. The van der Waals surface area contributed by atoms with Crippen LogP contribution in [0.2, 0.25) is 0 Å². The predicted octanol–water partition coefficient (Wildman–Crippen LogP) is 2.78. The van der Waals surface area contributed by atoms with E-state index in [2.05, 4.69) is 5.32 Å². The van der Waals surface area contributed by atoms with Gasteiger partial charge in [-0.05, 0) is 25.0 Å². The summed E-state index contributed by atoms with van der Waals surface area (Å²) in [5.41, 5.74) is 5.47. The highest BCUT2D eigenvalue weighted by Crippen LogP contribution is 2.25. The summed E-state index contributed by atoms with van der Waals surface area (Å²) in [5.74, 6) is -2.75. The van der Waals surface area contributed by atoms with Gasteiger partial charge in [-0.2, -0.15) is 0 Å². The summed E-state index contributed by atoms with van der Waals surface area (Å²) in [6.45, 7) is 0.293. The zero-order valence-corrected chi connectivity index (χ0v) is 11.9. The van der Waals surface area contributed by atoms with E-state index in [1.165, 1.54) is 12.1 Å². The lowest BCUT2D eigenvalue weighted by molar-refractivity contribution is 0.0932. The molecule has 0 atom stereocenters. The number of amides is 1. The number of hydrogen-bond acceptors (Lipinski definition) is 2. The average molecular weight is 305 g/mol. The molecule has 0 spiro atoms.